The van der Waals surface area contributed by atoms with Gasteiger partial charge in [0.25, 0.3) is 0 Å². The summed E-state index contributed by atoms with van der Waals surface area (Å²) in [5.41, 5.74) is 3.07. The van der Waals surface area contributed by atoms with Crippen molar-refractivity contribution < 1.29 is 9.32 Å². The predicted octanol–water partition coefficient (Wildman–Crippen LogP) is 3.91. The van der Waals surface area contributed by atoms with E-state index in [-0.39, 0.29) is 5.91 Å². The Bertz CT molecular complexity index is 905. The topological polar surface area (TPSA) is 59.2 Å². The highest BCUT2D eigenvalue weighted by molar-refractivity contribution is 6.30. The molecule has 0 bridgehead atoms. The summed E-state index contributed by atoms with van der Waals surface area (Å²) in [5, 5.41) is 4.63. The molecule has 0 N–H and O–H groups in total. The van der Waals surface area contributed by atoms with Crippen LogP contribution in [0, 0.1) is 0 Å². The van der Waals surface area contributed by atoms with Gasteiger partial charge in [-0.3, -0.25) is 4.79 Å². The summed E-state index contributed by atoms with van der Waals surface area (Å²) in [6.07, 6.45) is 1.68. The lowest BCUT2D eigenvalue weighted by atomic mass is 10.2. The van der Waals surface area contributed by atoms with Crippen LogP contribution in [0.25, 0.3) is 11.4 Å². The molecule has 0 radical (unpaired) electrons. The molecule has 0 fully saturated rings. The highest BCUT2D eigenvalue weighted by atomic mass is 35.5. The average molecular weight is 354 g/mol. The fraction of sp³-hybridized carbons (Fsp3) is 0.211. The van der Waals surface area contributed by atoms with Gasteiger partial charge in [-0.25, -0.2) is 0 Å². The third-order valence-electron chi connectivity index (χ3n) is 4.31. The summed E-state index contributed by atoms with van der Waals surface area (Å²) < 4.78 is 5.27. The summed E-state index contributed by atoms with van der Waals surface area (Å²) in [7, 11) is 0. The van der Waals surface area contributed by atoms with E-state index < -0.39 is 0 Å². The Kier molecular flexibility index (Phi) is 4.24. The summed E-state index contributed by atoms with van der Waals surface area (Å²) in [6.45, 7) is 0.734. The zero-order chi connectivity index (χ0) is 17.2. The van der Waals surface area contributed by atoms with Crippen molar-refractivity contribution in [1.82, 2.24) is 10.1 Å². The molecule has 3 aromatic rings. The van der Waals surface area contributed by atoms with Crippen LogP contribution < -0.4 is 4.90 Å². The fourth-order valence-corrected chi connectivity index (χ4v) is 3.14. The molecule has 0 spiro atoms. The third kappa shape index (κ3) is 3.28. The Balaban J connectivity index is 1.41. The molecule has 2 aromatic carbocycles. The molecule has 5 nitrogen and oxygen atoms in total. The van der Waals surface area contributed by atoms with E-state index in [1.54, 1.807) is 12.1 Å². The number of amides is 1. The minimum Gasteiger partial charge on any atom is -0.339 e. The van der Waals surface area contributed by atoms with Crippen molar-refractivity contribution in [3.05, 3.63) is 65.0 Å². The number of aromatic nitrogens is 2. The zero-order valence-electron chi connectivity index (χ0n) is 13.5. The summed E-state index contributed by atoms with van der Waals surface area (Å²) >= 11 is 5.88. The van der Waals surface area contributed by atoms with Crippen LogP contribution in [0.4, 0.5) is 5.69 Å². The minimum atomic E-state index is 0.0798. The maximum absolute atomic E-state index is 12.5. The SMILES string of the molecule is O=C(CCc1nc(-c2ccc(Cl)cc2)no1)N1CCc2ccccc21. The molecule has 126 valence electrons. The van der Waals surface area contributed by atoms with Crippen LogP contribution >= 0.6 is 11.6 Å². The number of anilines is 1. The van der Waals surface area contributed by atoms with E-state index in [1.165, 1.54) is 5.56 Å². The monoisotopic (exact) mass is 353 g/mol. The molecule has 0 saturated carbocycles. The third-order valence-corrected chi connectivity index (χ3v) is 4.56. The standard InChI is InChI=1S/C19H16ClN3O2/c20-15-7-5-14(6-8-15)19-21-17(25-22-19)9-10-18(24)23-12-11-13-3-1-2-4-16(13)23/h1-8H,9-12H2. The van der Waals surface area contributed by atoms with Crippen molar-refractivity contribution in [2.75, 3.05) is 11.4 Å². The van der Waals surface area contributed by atoms with Gasteiger partial charge in [-0.05, 0) is 42.3 Å². The lowest BCUT2D eigenvalue weighted by Gasteiger charge is -2.16. The number of carbonyl (C=O) groups excluding carboxylic acids is 1. The maximum atomic E-state index is 12.5. The summed E-state index contributed by atoms with van der Waals surface area (Å²) in [4.78, 5) is 18.7. The van der Waals surface area contributed by atoms with E-state index in [0.29, 0.717) is 29.6 Å². The van der Waals surface area contributed by atoms with E-state index in [9.17, 15) is 4.79 Å². The first kappa shape index (κ1) is 15.8. The lowest BCUT2D eigenvalue weighted by molar-refractivity contribution is -0.118. The van der Waals surface area contributed by atoms with Gasteiger partial charge in [0.1, 0.15) is 0 Å². The lowest BCUT2D eigenvalue weighted by Crippen LogP contribution is -2.29. The Morgan fingerprint density at radius 1 is 1.16 bits per heavy atom. The van der Waals surface area contributed by atoms with E-state index in [2.05, 4.69) is 16.2 Å². The van der Waals surface area contributed by atoms with Gasteiger partial charge in [0.2, 0.25) is 17.6 Å². The highest BCUT2D eigenvalue weighted by Crippen LogP contribution is 2.28. The van der Waals surface area contributed by atoms with Crippen molar-refractivity contribution in [1.29, 1.82) is 0 Å². The Morgan fingerprint density at radius 2 is 1.96 bits per heavy atom. The Labute approximate surface area is 150 Å². The summed E-state index contributed by atoms with van der Waals surface area (Å²) in [6, 6.07) is 15.3. The van der Waals surface area contributed by atoms with Crippen molar-refractivity contribution in [3.63, 3.8) is 0 Å². The largest absolute Gasteiger partial charge is 0.339 e. The number of fused-ring (bicyclic) bond motifs is 1. The number of para-hydroxylation sites is 1. The van der Waals surface area contributed by atoms with Crippen molar-refractivity contribution >= 4 is 23.2 Å². The molecule has 25 heavy (non-hydrogen) atoms. The first-order chi connectivity index (χ1) is 12.2. The molecule has 1 aliphatic heterocycles. The number of carbonyl (C=O) groups is 1. The Morgan fingerprint density at radius 3 is 2.80 bits per heavy atom. The van der Waals surface area contributed by atoms with Crippen LogP contribution in [0.3, 0.4) is 0 Å². The molecule has 6 heteroatoms. The molecule has 2 heterocycles. The second-order valence-electron chi connectivity index (χ2n) is 5.94. The molecule has 4 rings (SSSR count). The molecule has 0 unspecified atom stereocenters. The van der Waals surface area contributed by atoms with Gasteiger partial charge in [-0.15, -0.1) is 0 Å². The van der Waals surface area contributed by atoms with Gasteiger partial charge in [-0.2, -0.15) is 4.98 Å². The fourth-order valence-electron chi connectivity index (χ4n) is 3.02. The molecular formula is C19H16ClN3O2. The smallest absolute Gasteiger partial charge is 0.227 e. The number of hydrogen-bond acceptors (Lipinski definition) is 4. The average Bonchev–Trinajstić information content (AvgIpc) is 3.27. The second kappa shape index (κ2) is 6.69. The normalized spacial score (nSPS) is 13.1. The molecule has 1 aromatic heterocycles. The van der Waals surface area contributed by atoms with E-state index in [1.807, 2.05) is 35.2 Å². The molecule has 0 aliphatic carbocycles. The van der Waals surface area contributed by atoms with Gasteiger partial charge < -0.3 is 9.42 Å². The van der Waals surface area contributed by atoms with Crippen molar-refractivity contribution in [2.24, 2.45) is 0 Å². The number of hydrogen-bond donors (Lipinski definition) is 0. The van der Waals surface area contributed by atoms with Crippen LogP contribution in [0.15, 0.2) is 53.1 Å². The number of halogens is 1. The molecule has 1 amide bonds. The van der Waals surface area contributed by atoms with Gasteiger partial charge in [0.15, 0.2) is 0 Å². The number of benzene rings is 2. The molecule has 1 aliphatic rings. The van der Waals surface area contributed by atoms with Crippen LogP contribution in [0.5, 0.6) is 0 Å². The van der Waals surface area contributed by atoms with Gasteiger partial charge in [-0.1, -0.05) is 35.0 Å². The molecule has 0 atom stereocenters. The number of aryl methyl sites for hydroxylation is 1. The van der Waals surface area contributed by atoms with Gasteiger partial charge in [0, 0.05) is 35.7 Å². The molecular weight excluding hydrogens is 338 g/mol. The number of rotatable bonds is 4. The highest BCUT2D eigenvalue weighted by Gasteiger charge is 2.24. The van der Waals surface area contributed by atoms with E-state index in [4.69, 9.17) is 16.1 Å². The zero-order valence-corrected chi connectivity index (χ0v) is 14.2. The maximum Gasteiger partial charge on any atom is 0.227 e. The van der Waals surface area contributed by atoms with E-state index >= 15 is 0 Å². The minimum absolute atomic E-state index is 0.0798. The summed E-state index contributed by atoms with van der Waals surface area (Å²) in [5.74, 6) is 1.05. The number of nitrogens with zero attached hydrogens (tertiary/aromatic N) is 3. The van der Waals surface area contributed by atoms with Gasteiger partial charge >= 0.3 is 0 Å². The van der Waals surface area contributed by atoms with Crippen molar-refractivity contribution in [2.45, 2.75) is 19.3 Å². The predicted molar refractivity (Wildman–Crippen MR) is 95.6 cm³/mol. The molecule has 0 saturated heterocycles. The van der Waals surface area contributed by atoms with Gasteiger partial charge in [0.05, 0.1) is 0 Å². The quantitative estimate of drug-likeness (QED) is 0.713. The van der Waals surface area contributed by atoms with Crippen molar-refractivity contribution in [3.8, 4) is 11.4 Å². The first-order valence-corrected chi connectivity index (χ1v) is 8.55. The second-order valence-corrected chi connectivity index (χ2v) is 6.38. The Hall–Kier alpha value is -2.66. The van der Waals surface area contributed by atoms with Crippen LogP contribution in [-0.4, -0.2) is 22.6 Å². The van der Waals surface area contributed by atoms with Crippen LogP contribution in [0.1, 0.15) is 17.9 Å². The first-order valence-electron chi connectivity index (χ1n) is 8.17. The van der Waals surface area contributed by atoms with Crippen LogP contribution in [0.2, 0.25) is 5.02 Å². The van der Waals surface area contributed by atoms with Crippen LogP contribution in [-0.2, 0) is 17.6 Å². The van der Waals surface area contributed by atoms with E-state index in [0.717, 1.165) is 24.2 Å².